The second-order valence-electron chi connectivity index (χ2n) is 10.9. The lowest BCUT2D eigenvalue weighted by atomic mass is 9.81. The van der Waals surface area contributed by atoms with Crippen LogP contribution in [0.15, 0.2) is 42.5 Å². The Hall–Kier alpha value is -2.17. The highest BCUT2D eigenvalue weighted by atomic mass is 35.5. The number of carbonyl (C=O) groups is 2. The van der Waals surface area contributed by atoms with Gasteiger partial charge in [-0.15, -0.1) is 0 Å². The van der Waals surface area contributed by atoms with Crippen molar-refractivity contribution in [2.24, 2.45) is 5.92 Å². The Labute approximate surface area is 241 Å². The molecule has 2 heterocycles. The molecule has 2 amide bonds. The van der Waals surface area contributed by atoms with Gasteiger partial charge >= 0.3 is 0 Å². The fourth-order valence-corrected chi connectivity index (χ4v) is 6.84. The van der Waals surface area contributed by atoms with Crippen molar-refractivity contribution in [3.05, 3.63) is 63.6 Å². The normalized spacial score (nSPS) is 21.2. The molecule has 2 aromatic rings. The number of piperidine rings is 1. The molecule has 0 radical (unpaired) electrons. The Bertz CT molecular complexity index is 1340. The summed E-state index contributed by atoms with van der Waals surface area (Å²) in [5.74, 6) is -0.293. The number of anilines is 1. The van der Waals surface area contributed by atoms with E-state index >= 15 is 0 Å². The molecule has 1 fully saturated rings. The number of benzene rings is 2. The monoisotopic (exact) mass is 594 g/mol. The molecular weight excluding hydrogens is 559 g/mol. The second kappa shape index (κ2) is 11.7. The number of sulfonamides is 1. The largest absolute Gasteiger partial charge is 0.352 e. The van der Waals surface area contributed by atoms with Crippen LogP contribution in [-0.4, -0.2) is 67.4 Å². The molecule has 2 aliphatic rings. The maximum Gasteiger partial charge on any atom is 0.249 e. The molecular formula is C28H36Cl2N4O4S. The number of hydrogen-bond donors (Lipinski definition) is 2. The Morgan fingerprint density at radius 1 is 1.13 bits per heavy atom. The lowest BCUT2D eigenvalue weighted by molar-refractivity contribution is -0.135. The molecule has 0 spiro atoms. The molecule has 1 saturated heterocycles. The smallest absolute Gasteiger partial charge is 0.249 e. The van der Waals surface area contributed by atoms with Crippen LogP contribution in [0.4, 0.5) is 5.69 Å². The fourth-order valence-electron chi connectivity index (χ4n) is 5.58. The molecule has 4 rings (SSSR count). The molecule has 0 aromatic heterocycles. The van der Waals surface area contributed by atoms with Crippen LogP contribution < -0.4 is 10.6 Å². The van der Waals surface area contributed by atoms with Crippen molar-refractivity contribution < 1.29 is 18.0 Å². The van der Waals surface area contributed by atoms with Crippen LogP contribution in [-0.2, 0) is 31.6 Å². The number of fused-ring (bicyclic) bond motifs is 1. The van der Waals surface area contributed by atoms with E-state index in [2.05, 4.69) is 24.5 Å². The first-order valence-electron chi connectivity index (χ1n) is 13.2. The van der Waals surface area contributed by atoms with Crippen molar-refractivity contribution in [2.75, 3.05) is 31.2 Å². The maximum absolute atomic E-state index is 14.0. The van der Waals surface area contributed by atoms with Crippen molar-refractivity contribution in [3.63, 3.8) is 0 Å². The molecule has 0 aliphatic carbocycles. The Morgan fingerprint density at radius 3 is 2.41 bits per heavy atom. The van der Waals surface area contributed by atoms with Crippen molar-refractivity contribution >= 4 is 50.7 Å². The van der Waals surface area contributed by atoms with Gasteiger partial charge in [0.15, 0.2) is 0 Å². The highest BCUT2D eigenvalue weighted by Gasteiger charge is 2.53. The summed E-state index contributed by atoms with van der Waals surface area (Å²) < 4.78 is 25.2. The van der Waals surface area contributed by atoms with Gasteiger partial charge in [-0.3, -0.25) is 14.5 Å². The zero-order valence-corrected chi connectivity index (χ0v) is 25.0. The van der Waals surface area contributed by atoms with Crippen LogP contribution >= 0.6 is 23.2 Å². The van der Waals surface area contributed by atoms with Crippen LogP contribution in [0.2, 0.25) is 10.0 Å². The number of rotatable bonds is 9. The summed E-state index contributed by atoms with van der Waals surface area (Å²) in [4.78, 5) is 29.5. The predicted octanol–water partition coefficient (Wildman–Crippen LogP) is 4.27. The van der Waals surface area contributed by atoms with Crippen LogP contribution in [0, 0.1) is 5.92 Å². The Balaban J connectivity index is 1.68. The van der Waals surface area contributed by atoms with Crippen molar-refractivity contribution in [1.82, 2.24) is 14.5 Å². The van der Waals surface area contributed by atoms with Crippen molar-refractivity contribution in [2.45, 2.75) is 57.7 Å². The highest BCUT2D eigenvalue weighted by Crippen LogP contribution is 2.45. The van der Waals surface area contributed by atoms with Crippen LogP contribution in [0.3, 0.4) is 0 Å². The SMILES string of the molecule is CC(C)C(C)N(CC(=O)NC1CCN(S(C)(=O)=O)CC1)C1(Cc2cccc(Cl)c2)C(=O)Nc2cc(Cl)ccc21. The third-order valence-electron chi connectivity index (χ3n) is 7.95. The highest BCUT2D eigenvalue weighted by molar-refractivity contribution is 7.88. The zero-order valence-electron chi connectivity index (χ0n) is 22.7. The summed E-state index contributed by atoms with van der Waals surface area (Å²) in [6, 6.07) is 12.5. The summed E-state index contributed by atoms with van der Waals surface area (Å²) in [6.07, 6.45) is 2.58. The minimum Gasteiger partial charge on any atom is -0.352 e. The average molecular weight is 596 g/mol. The molecule has 212 valence electrons. The summed E-state index contributed by atoms with van der Waals surface area (Å²) >= 11 is 12.6. The molecule has 2 atom stereocenters. The van der Waals surface area contributed by atoms with Gasteiger partial charge in [0, 0.05) is 52.9 Å². The van der Waals surface area contributed by atoms with Gasteiger partial charge in [-0.05, 0) is 55.5 Å². The van der Waals surface area contributed by atoms with Crippen molar-refractivity contribution in [1.29, 1.82) is 0 Å². The van der Waals surface area contributed by atoms with Gasteiger partial charge in [0.1, 0.15) is 5.54 Å². The molecule has 2 N–H and O–H groups in total. The average Bonchev–Trinajstić information content (AvgIpc) is 3.12. The van der Waals surface area contributed by atoms with E-state index in [1.165, 1.54) is 10.6 Å². The minimum absolute atomic E-state index is 0.0122. The van der Waals surface area contributed by atoms with E-state index in [0.29, 0.717) is 48.1 Å². The maximum atomic E-state index is 14.0. The Kier molecular flexibility index (Phi) is 8.98. The number of nitrogens with zero attached hydrogens (tertiary/aromatic N) is 2. The molecule has 8 nitrogen and oxygen atoms in total. The predicted molar refractivity (Wildman–Crippen MR) is 156 cm³/mol. The quantitative estimate of drug-likeness (QED) is 0.452. The fraction of sp³-hybridized carbons (Fsp3) is 0.500. The zero-order chi connectivity index (χ0) is 28.5. The van der Waals surface area contributed by atoms with Crippen LogP contribution in [0.25, 0.3) is 0 Å². The molecule has 11 heteroatoms. The van der Waals surface area contributed by atoms with E-state index in [1.807, 2.05) is 36.1 Å². The van der Waals surface area contributed by atoms with Gasteiger partial charge in [0.05, 0.1) is 12.8 Å². The lowest BCUT2D eigenvalue weighted by Gasteiger charge is -2.45. The van der Waals surface area contributed by atoms with E-state index in [1.54, 1.807) is 18.2 Å². The first kappa shape index (κ1) is 29.8. The van der Waals surface area contributed by atoms with Gasteiger partial charge in [0.2, 0.25) is 21.8 Å². The molecule has 0 saturated carbocycles. The summed E-state index contributed by atoms with van der Waals surface area (Å²) in [5, 5.41) is 7.20. The number of nitrogens with one attached hydrogen (secondary N) is 2. The third kappa shape index (κ3) is 6.43. The molecule has 2 unspecified atom stereocenters. The van der Waals surface area contributed by atoms with Gasteiger partial charge in [-0.2, -0.15) is 0 Å². The van der Waals surface area contributed by atoms with E-state index in [-0.39, 0.29) is 36.4 Å². The lowest BCUT2D eigenvalue weighted by Crippen LogP contribution is -2.60. The van der Waals surface area contributed by atoms with E-state index < -0.39 is 15.6 Å². The van der Waals surface area contributed by atoms with Crippen LogP contribution in [0.5, 0.6) is 0 Å². The van der Waals surface area contributed by atoms with Gasteiger partial charge in [-0.25, -0.2) is 12.7 Å². The van der Waals surface area contributed by atoms with Gasteiger partial charge in [-0.1, -0.05) is 55.2 Å². The summed E-state index contributed by atoms with van der Waals surface area (Å²) in [7, 11) is -3.26. The first-order chi connectivity index (χ1) is 18.3. The molecule has 0 bridgehead atoms. The third-order valence-corrected chi connectivity index (χ3v) is 9.72. The number of hydrogen-bond acceptors (Lipinski definition) is 5. The number of amides is 2. The molecule has 39 heavy (non-hydrogen) atoms. The van der Waals surface area contributed by atoms with E-state index in [9.17, 15) is 18.0 Å². The summed E-state index contributed by atoms with van der Waals surface area (Å²) in [5.41, 5.74) is 1.09. The first-order valence-corrected chi connectivity index (χ1v) is 15.8. The molecule has 2 aromatic carbocycles. The van der Waals surface area contributed by atoms with Crippen molar-refractivity contribution in [3.8, 4) is 0 Å². The van der Waals surface area contributed by atoms with E-state index in [0.717, 1.165) is 11.1 Å². The summed E-state index contributed by atoms with van der Waals surface area (Å²) in [6.45, 7) is 6.89. The molecule has 2 aliphatic heterocycles. The van der Waals surface area contributed by atoms with E-state index in [4.69, 9.17) is 23.2 Å². The number of carbonyl (C=O) groups excluding carboxylic acids is 2. The second-order valence-corrected chi connectivity index (χ2v) is 13.8. The van der Waals surface area contributed by atoms with Crippen LogP contribution in [0.1, 0.15) is 44.7 Å². The standard InChI is InChI=1S/C28H36Cl2N4O4S/c1-18(2)19(3)34(17-26(35)31-23-10-12-33(13-11-23)39(4,37)38)28(16-20-6-5-7-21(29)14-20)24-9-8-22(30)15-25(24)32-27(28)36/h5-9,14-15,18-19,23H,10-13,16-17H2,1-4H3,(H,31,35)(H,32,36). The topological polar surface area (TPSA) is 98.8 Å². The minimum atomic E-state index is -3.26. The van der Waals surface area contributed by atoms with Gasteiger partial charge < -0.3 is 10.6 Å². The van der Waals surface area contributed by atoms with Gasteiger partial charge in [0.25, 0.3) is 0 Å². The number of halogens is 2. The Morgan fingerprint density at radius 2 is 1.79 bits per heavy atom.